The number of halogens is 1. The molecule has 0 spiro atoms. The van der Waals surface area contributed by atoms with E-state index in [0.29, 0.717) is 6.04 Å². The minimum atomic E-state index is 0.522. The van der Waals surface area contributed by atoms with Gasteiger partial charge in [0.05, 0.1) is 15.4 Å². The standard InChI is InChI=1S/C13H14INOS/c14-13-6-10-11(2-1-3-12(10)17-13)15-7-9-4-5-16-8-9/h4-6,8,11,15H,1-3,7H2. The van der Waals surface area contributed by atoms with Gasteiger partial charge < -0.3 is 9.73 Å². The van der Waals surface area contributed by atoms with Crippen molar-refractivity contribution in [2.24, 2.45) is 0 Å². The zero-order valence-corrected chi connectivity index (χ0v) is 12.4. The van der Waals surface area contributed by atoms with Crippen LogP contribution in [0, 0.1) is 2.88 Å². The number of nitrogens with one attached hydrogen (secondary N) is 1. The third kappa shape index (κ3) is 2.58. The third-order valence-electron chi connectivity index (χ3n) is 3.22. The van der Waals surface area contributed by atoms with Crippen molar-refractivity contribution in [1.29, 1.82) is 0 Å². The maximum atomic E-state index is 5.09. The lowest BCUT2D eigenvalue weighted by molar-refractivity contribution is 0.461. The highest BCUT2D eigenvalue weighted by Crippen LogP contribution is 2.36. The highest BCUT2D eigenvalue weighted by molar-refractivity contribution is 14.1. The van der Waals surface area contributed by atoms with E-state index in [9.17, 15) is 0 Å². The van der Waals surface area contributed by atoms with Gasteiger partial charge in [0.2, 0.25) is 0 Å². The van der Waals surface area contributed by atoms with Gasteiger partial charge in [0, 0.05) is 23.0 Å². The van der Waals surface area contributed by atoms with Crippen molar-refractivity contribution in [3.05, 3.63) is 43.5 Å². The van der Waals surface area contributed by atoms with E-state index in [-0.39, 0.29) is 0 Å². The normalized spacial score (nSPS) is 19.2. The van der Waals surface area contributed by atoms with E-state index < -0.39 is 0 Å². The van der Waals surface area contributed by atoms with Crippen LogP contribution in [0.1, 0.15) is 34.9 Å². The molecular weight excluding hydrogens is 345 g/mol. The Morgan fingerprint density at radius 2 is 2.47 bits per heavy atom. The van der Waals surface area contributed by atoms with Crippen LogP contribution in [0.2, 0.25) is 0 Å². The second-order valence-electron chi connectivity index (χ2n) is 4.39. The summed E-state index contributed by atoms with van der Waals surface area (Å²) in [7, 11) is 0. The van der Waals surface area contributed by atoms with Gasteiger partial charge in [0.25, 0.3) is 0 Å². The molecule has 3 rings (SSSR count). The van der Waals surface area contributed by atoms with E-state index in [1.807, 2.05) is 23.7 Å². The van der Waals surface area contributed by atoms with Gasteiger partial charge in [-0.25, -0.2) is 0 Å². The summed E-state index contributed by atoms with van der Waals surface area (Å²) in [4.78, 5) is 1.57. The molecule has 2 nitrogen and oxygen atoms in total. The fraction of sp³-hybridized carbons (Fsp3) is 0.385. The molecule has 2 aromatic rings. The van der Waals surface area contributed by atoms with E-state index in [1.54, 1.807) is 11.1 Å². The number of furan rings is 1. The summed E-state index contributed by atoms with van der Waals surface area (Å²) >= 11 is 4.37. The fourth-order valence-corrected chi connectivity index (χ4v) is 4.49. The Morgan fingerprint density at radius 3 is 3.29 bits per heavy atom. The van der Waals surface area contributed by atoms with Crippen LogP contribution in [0.5, 0.6) is 0 Å². The van der Waals surface area contributed by atoms with Crippen LogP contribution in [0.25, 0.3) is 0 Å². The van der Waals surface area contributed by atoms with Crippen molar-refractivity contribution < 1.29 is 4.42 Å². The first kappa shape index (κ1) is 11.7. The number of aryl methyl sites for hydroxylation is 1. The van der Waals surface area contributed by atoms with Crippen LogP contribution in [0.15, 0.2) is 29.1 Å². The van der Waals surface area contributed by atoms with Crippen molar-refractivity contribution in [2.45, 2.75) is 31.8 Å². The highest BCUT2D eigenvalue weighted by Gasteiger charge is 2.22. The zero-order chi connectivity index (χ0) is 11.7. The fourth-order valence-electron chi connectivity index (χ4n) is 2.37. The van der Waals surface area contributed by atoms with Crippen LogP contribution in [-0.4, -0.2) is 0 Å². The van der Waals surface area contributed by atoms with Crippen LogP contribution in [0.4, 0.5) is 0 Å². The zero-order valence-electron chi connectivity index (χ0n) is 9.41. The van der Waals surface area contributed by atoms with Crippen molar-refractivity contribution in [3.63, 3.8) is 0 Å². The predicted molar refractivity (Wildman–Crippen MR) is 78.3 cm³/mol. The molecular formula is C13H14INOS. The predicted octanol–water partition coefficient (Wildman–Crippen LogP) is 4.11. The Morgan fingerprint density at radius 1 is 1.53 bits per heavy atom. The average molecular weight is 359 g/mol. The molecule has 0 fully saturated rings. The van der Waals surface area contributed by atoms with Gasteiger partial charge in [-0.05, 0) is 59.5 Å². The van der Waals surface area contributed by atoms with Crippen molar-refractivity contribution in [2.75, 3.05) is 0 Å². The van der Waals surface area contributed by atoms with Crippen LogP contribution in [-0.2, 0) is 13.0 Å². The summed E-state index contributed by atoms with van der Waals surface area (Å²) in [6, 6.07) is 4.88. The van der Waals surface area contributed by atoms with E-state index >= 15 is 0 Å². The Hall–Kier alpha value is -0.330. The largest absolute Gasteiger partial charge is 0.472 e. The van der Waals surface area contributed by atoms with Crippen LogP contribution >= 0.6 is 33.9 Å². The molecule has 4 heteroatoms. The Balaban J connectivity index is 1.72. The van der Waals surface area contributed by atoms with Gasteiger partial charge in [-0.3, -0.25) is 0 Å². The molecule has 0 aromatic carbocycles. The summed E-state index contributed by atoms with van der Waals surface area (Å²) in [5, 5.41) is 3.64. The summed E-state index contributed by atoms with van der Waals surface area (Å²) in [5.74, 6) is 0. The molecule has 2 heterocycles. The van der Waals surface area contributed by atoms with Gasteiger partial charge in [-0.15, -0.1) is 11.3 Å². The molecule has 0 amide bonds. The molecule has 1 N–H and O–H groups in total. The first-order chi connectivity index (χ1) is 8.33. The summed E-state index contributed by atoms with van der Waals surface area (Å²) in [6.07, 6.45) is 7.35. The van der Waals surface area contributed by atoms with E-state index in [1.165, 1.54) is 33.3 Å². The van der Waals surface area contributed by atoms with E-state index in [0.717, 1.165) is 6.54 Å². The average Bonchev–Trinajstić information content (AvgIpc) is 2.93. The third-order valence-corrected chi connectivity index (χ3v) is 5.19. The molecule has 2 aromatic heterocycles. The van der Waals surface area contributed by atoms with Gasteiger partial charge in [-0.1, -0.05) is 0 Å². The molecule has 1 unspecified atom stereocenters. The smallest absolute Gasteiger partial charge is 0.0947 e. The number of hydrogen-bond acceptors (Lipinski definition) is 3. The molecule has 1 atom stereocenters. The van der Waals surface area contributed by atoms with Crippen LogP contribution < -0.4 is 5.32 Å². The van der Waals surface area contributed by atoms with Gasteiger partial charge in [-0.2, -0.15) is 0 Å². The second-order valence-corrected chi connectivity index (χ2v) is 7.42. The number of hydrogen-bond donors (Lipinski definition) is 1. The van der Waals surface area contributed by atoms with Gasteiger partial charge >= 0.3 is 0 Å². The maximum absolute atomic E-state index is 5.09. The van der Waals surface area contributed by atoms with Crippen molar-refractivity contribution in [3.8, 4) is 0 Å². The van der Waals surface area contributed by atoms with Gasteiger partial charge in [0.1, 0.15) is 0 Å². The molecule has 1 aliphatic carbocycles. The molecule has 17 heavy (non-hydrogen) atoms. The minimum Gasteiger partial charge on any atom is -0.472 e. The molecule has 90 valence electrons. The molecule has 0 saturated carbocycles. The molecule has 1 aliphatic rings. The summed E-state index contributed by atoms with van der Waals surface area (Å²) < 4.78 is 6.50. The lowest BCUT2D eigenvalue weighted by Crippen LogP contribution is -2.23. The Kier molecular flexibility index (Phi) is 3.54. The molecule has 0 radical (unpaired) electrons. The van der Waals surface area contributed by atoms with Crippen LogP contribution in [0.3, 0.4) is 0 Å². The van der Waals surface area contributed by atoms with Crippen molar-refractivity contribution >= 4 is 33.9 Å². The molecule has 0 aliphatic heterocycles. The lowest BCUT2D eigenvalue weighted by Gasteiger charge is -2.23. The van der Waals surface area contributed by atoms with E-state index in [2.05, 4.69) is 34.0 Å². The topological polar surface area (TPSA) is 25.2 Å². The number of rotatable bonds is 3. The van der Waals surface area contributed by atoms with Crippen molar-refractivity contribution in [1.82, 2.24) is 5.32 Å². The first-order valence-corrected chi connectivity index (χ1v) is 7.75. The number of fused-ring (bicyclic) bond motifs is 1. The summed E-state index contributed by atoms with van der Waals surface area (Å²) in [6.45, 7) is 0.896. The highest BCUT2D eigenvalue weighted by atomic mass is 127. The molecule has 0 bridgehead atoms. The van der Waals surface area contributed by atoms with E-state index in [4.69, 9.17) is 4.42 Å². The lowest BCUT2D eigenvalue weighted by atomic mass is 9.94. The minimum absolute atomic E-state index is 0.522. The maximum Gasteiger partial charge on any atom is 0.0947 e. The monoisotopic (exact) mass is 359 g/mol. The Bertz CT molecular complexity index is 491. The SMILES string of the molecule is Ic1cc2c(s1)CCCC2NCc1ccoc1. The van der Waals surface area contributed by atoms with Gasteiger partial charge in [0.15, 0.2) is 0 Å². The Labute approximate surface area is 119 Å². The second kappa shape index (κ2) is 5.12. The molecule has 0 saturated heterocycles. The first-order valence-electron chi connectivity index (χ1n) is 5.85. The number of thiophene rings is 1. The quantitative estimate of drug-likeness (QED) is 0.835. The summed E-state index contributed by atoms with van der Waals surface area (Å²) in [5.41, 5.74) is 2.75.